The van der Waals surface area contributed by atoms with Gasteiger partial charge in [0.25, 0.3) is 5.91 Å². The van der Waals surface area contributed by atoms with E-state index < -0.39 is 0 Å². The fourth-order valence-corrected chi connectivity index (χ4v) is 4.76. The molecule has 7 heteroatoms. The molecule has 0 radical (unpaired) electrons. The van der Waals surface area contributed by atoms with Gasteiger partial charge in [0.1, 0.15) is 5.75 Å². The third-order valence-corrected chi connectivity index (χ3v) is 6.95. The van der Waals surface area contributed by atoms with Crippen molar-refractivity contribution in [2.24, 2.45) is 5.92 Å². The third-order valence-electron chi connectivity index (χ3n) is 6.70. The Morgan fingerprint density at radius 1 is 0.765 bits per heavy atom. The van der Waals surface area contributed by atoms with Gasteiger partial charge >= 0.3 is 0 Å². The number of hydrogen-bond acceptors (Lipinski definition) is 4. The molecule has 34 heavy (non-hydrogen) atoms. The first-order chi connectivity index (χ1) is 16.5. The van der Waals surface area contributed by atoms with Crippen LogP contribution in [0.2, 0.25) is 5.02 Å². The summed E-state index contributed by atoms with van der Waals surface area (Å²) in [5, 5.41) is 0.582. The van der Waals surface area contributed by atoms with E-state index in [1.165, 1.54) is 12.8 Å². The highest BCUT2D eigenvalue weighted by Gasteiger charge is 2.30. The Morgan fingerprint density at radius 2 is 1.32 bits per heavy atom. The molecule has 0 N–H and O–H groups in total. The first-order valence-electron chi connectivity index (χ1n) is 12.1. The monoisotopic (exact) mass is 482 g/mol. The standard InChI is InChI=1S/C27H31ClN2O4/c28-23-9-5-20(6-10-23)26(32)21-7-11-24(12-8-21)34-19-25(31)29-17-13-22(14-18-29)27(33)30-15-3-1-2-4-16-30/h5-12,22H,1-4,13-19H2. The van der Waals surface area contributed by atoms with Crippen LogP contribution >= 0.6 is 11.6 Å². The topological polar surface area (TPSA) is 66.9 Å². The maximum atomic E-state index is 12.8. The van der Waals surface area contributed by atoms with Crippen LogP contribution in [0.1, 0.15) is 54.4 Å². The SMILES string of the molecule is O=C(c1ccc(Cl)cc1)c1ccc(OCC(=O)N2CCC(C(=O)N3CCCCCC3)CC2)cc1. The van der Waals surface area contributed by atoms with Crippen LogP contribution in [0.25, 0.3) is 0 Å². The number of ether oxygens (including phenoxy) is 1. The molecular formula is C27H31ClN2O4. The molecule has 2 aromatic rings. The predicted molar refractivity (Wildman–Crippen MR) is 131 cm³/mol. The van der Waals surface area contributed by atoms with E-state index in [1.807, 2.05) is 4.90 Å². The van der Waals surface area contributed by atoms with E-state index in [-0.39, 0.29) is 30.1 Å². The van der Waals surface area contributed by atoms with Crippen LogP contribution in [0.15, 0.2) is 48.5 Å². The van der Waals surface area contributed by atoms with E-state index >= 15 is 0 Å². The summed E-state index contributed by atoms with van der Waals surface area (Å²) in [5.41, 5.74) is 1.10. The summed E-state index contributed by atoms with van der Waals surface area (Å²) in [6.07, 6.45) is 6.02. The number of likely N-dealkylation sites (tertiary alicyclic amines) is 2. The minimum Gasteiger partial charge on any atom is -0.484 e. The molecule has 2 saturated heterocycles. The Labute approximate surface area is 205 Å². The van der Waals surface area contributed by atoms with E-state index in [1.54, 1.807) is 53.4 Å². The number of carbonyl (C=O) groups excluding carboxylic acids is 3. The minimum atomic E-state index is -0.100. The van der Waals surface area contributed by atoms with Crippen LogP contribution in [0.5, 0.6) is 5.75 Å². The van der Waals surface area contributed by atoms with Crippen molar-refractivity contribution in [1.29, 1.82) is 0 Å². The zero-order chi connectivity index (χ0) is 23.9. The normalized spacial score (nSPS) is 17.2. The Hall–Kier alpha value is -2.86. The lowest BCUT2D eigenvalue weighted by Crippen LogP contribution is -2.45. The predicted octanol–water partition coefficient (Wildman–Crippen LogP) is 4.59. The van der Waals surface area contributed by atoms with Crippen LogP contribution in [0.4, 0.5) is 0 Å². The molecular weight excluding hydrogens is 452 g/mol. The number of benzene rings is 2. The minimum absolute atomic E-state index is 0.0220. The Kier molecular flexibility index (Phi) is 8.22. The Bertz CT molecular complexity index is 990. The summed E-state index contributed by atoms with van der Waals surface area (Å²) >= 11 is 5.88. The second-order valence-electron chi connectivity index (χ2n) is 9.04. The molecule has 6 nitrogen and oxygen atoms in total. The second kappa shape index (κ2) is 11.5. The summed E-state index contributed by atoms with van der Waals surface area (Å²) in [5.74, 6) is 0.637. The molecule has 2 aliphatic rings. The van der Waals surface area contributed by atoms with Crippen molar-refractivity contribution in [3.63, 3.8) is 0 Å². The van der Waals surface area contributed by atoms with E-state index in [0.29, 0.717) is 47.8 Å². The molecule has 180 valence electrons. The molecule has 2 fully saturated rings. The summed E-state index contributed by atoms with van der Waals surface area (Å²) < 4.78 is 5.67. The largest absolute Gasteiger partial charge is 0.484 e. The van der Waals surface area contributed by atoms with Gasteiger partial charge in [-0.1, -0.05) is 24.4 Å². The molecule has 0 spiro atoms. The molecule has 2 amide bonds. The van der Waals surface area contributed by atoms with Crippen molar-refractivity contribution in [3.8, 4) is 5.75 Å². The highest BCUT2D eigenvalue weighted by molar-refractivity contribution is 6.30. The smallest absolute Gasteiger partial charge is 0.260 e. The number of ketones is 1. The first kappa shape index (κ1) is 24.3. The molecule has 0 unspecified atom stereocenters. The van der Waals surface area contributed by atoms with Crippen molar-refractivity contribution in [3.05, 3.63) is 64.7 Å². The van der Waals surface area contributed by atoms with Crippen molar-refractivity contribution in [2.45, 2.75) is 38.5 Å². The lowest BCUT2D eigenvalue weighted by Gasteiger charge is -2.34. The molecule has 0 bridgehead atoms. The maximum absolute atomic E-state index is 12.8. The number of halogens is 1. The van der Waals surface area contributed by atoms with Gasteiger partial charge in [-0.3, -0.25) is 14.4 Å². The van der Waals surface area contributed by atoms with Gasteiger partial charge in [0, 0.05) is 48.2 Å². The van der Waals surface area contributed by atoms with Crippen molar-refractivity contribution in [2.75, 3.05) is 32.8 Å². The van der Waals surface area contributed by atoms with Gasteiger partial charge in [0.2, 0.25) is 5.91 Å². The van der Waals surface area contributed by atoms with Gasteiger partial charge in [-0.2, -0.15) is 0 Å². The number of carbonyl (C=O) groups is 3. The molecule has 4 rings (SSSR count). The molecule has 0 aromatic heterocycles. The van der Waals surface area contributed by atoms with E-state index in [4.69, 9.17) is 16.3 Å². The number of rotatable bonds is 6. The summed E-state index contributed by atoms with van der Waals surface area (Å²) in [6.45, 7) is 2.85. The van der Waals surface area contributed by atoms with Crippen LogP contribution in [0, 0.1) is 5.92 Å². The highest BCUT2D eigenvalue weighted by Crippen LogP contribution is 2.22. The van der Waals surface area contributed by atoms with Crippen LogP contribution in [0.3, 0.4) is 0 Å². The Balaban J connectivity index is 1.23. The molecule has 0 atom stereocenters. The molecule has 2 aromatic carbocycles. The number of piperidine rings is 1. The number of amides is 2. The highest BCUT2D eigenvalue weighted by atomic mass is 35.5. The zero-order valence-electron chi connectivity index (χ0n) is 19.4. The fraction of sp³-hybridized carbons (Fsp3) is 0.444. The van der Waals surface area contributed by atoms with Gasteiger partial charge in [-0.25, -0.2) is 0 Å². The Morgan fingerprint density at radius 3 is 1.91 bits per heavy atom. The van der Waals surface area contributed by atoms with Crippen molar-refractivity contribution in [1.82, 2.24) is 9.80 Å². The van der Waals surface area contributed by atoms with E-state index in [2.05, 4.69) is 0 Å². The summed E-state index contributed by atoms with van der Waals surface area (Å²) in [4.78, 5) is 41.8. The average Bonchev–Trinajstić information content (AvgIpc) is 3.17. The van der Waals surface area contributed by atoms with Gasteiger partial charge in [-0.05, 0) is 74.2 Å². The quantitative estimate of drug-likeness (QED) is 0.565. The average molecular weight is 483 g/mol. The fourth-order valence-electron chi connectivity index (χ4n) is 4.63. The second-order valence-corrected chi connectivity index (χ2v) is 9.48. The van der Waals surface area contributed by atoms with Crippen molar-refractivity contribution >= 4 is 29.2 Å². The summed E-state index contributed by atoms with van der Waals surface area (Å²) in [7, 11) is 0. The van der Waals surface area contributed by atoms with Gasteiger partial charge in [0.15, 0.2) is 12.4 Å². The van der Waals surface area contributed by atoms with Crippen LogP contribution in [-0.2, 0) is 9.59 Å². The lowest BCUT2D eigenvalue weighted by molar-refractivity contribution is -0.141. The summed E-state index contributed by atoms with van der Waals surface area (Å²) in [6, 6.07) is 13.5. The van der Waals surface area contributed by atoms with Crippen LogP contribution in [-0.4, -0.2) is 60.2 Å². The van der Waals surface area contributed by atoms with Gasteiger partial charge in [-0.15, -0.1) is 0 Å². The van der Waals surface area contributed by atoms with Gasteiger partial charge < -0.3 is 14.5 Å². The third kappa shape index (κ3) is 6.17. The van der Waals surface area contributed by atoms with Gasteiger partial charge in [0.05, 0.1) is 0 Å². The number of nitrogens with zero attached hydrogens (tertiary/aromatic N) is 2. The molecule has 2 heterocycles. The van der Waals surface area contributed by atoms with Crippen molar-refractivity contribution < 1.29 is 19.1 Å². The molecule has 0 aliphatic carbocycles. The van der Waals surface area contributed by atoms with E-state index in [9.17, 15) is 14.4 Å². The van der Waals surface area contributed by atoms with E-state index in [0.717, 1.165) is 25.9 Å². The molecule has 0 saturated carbocycles. The number of hydrogen-bond donors (Lipinski definition) is 0. The molecule has 2 aliphatic heterocycles. The zero-order valence-corrected chi connectivity index (χ0v) is 20.1. The first-order valence-corrected chi connectivity index (χ1v) is 12.5. The maximum Gasteiger partial charge on any atom is 0.260 e. The lowest BCUT2D eigenvalue weighted by atomic mass is 9.95. The van der Waals surface area contributed by atoms with Crippen LogP contribution < -0.4 is 4.74 Å².